The average Bonchev–Trinajstić information content (AvgIpc) is 1.91. The van der Waals surface area contributed by atoms with Gasteiger partial charge in [0.25, 0.3) is 0 Å². The molecule has 0 saturated heterocycles. The summed E-state index contributed by atoms with van der Waals surface area (Å²) in [6, 6.07) is 10.1. The average molecular weight is 221 g/mol. The Morgan fingerprint density at radius 1 is 1.20 bits per heavy atom. The largest absolute Gasteiger partial charge is 0.361 e. The van der Waals surface area contributed by atoms with Crippen molar-refractivity contribution in [3.8, 4) is 0 Å². The highest BCUT2D eigenvalue weighted by Gasteiger charge is 1.84. The molecule has 1 nitrogen and oxygen atoms in total. The summed E-state index contributed by atoms with van der Waals surface area (Å²) in [6.45, 7) is 0. The van der Waals surface area contributed by atoms with Crippen LogP contribution in [0.2, 0.25) is 0 Å². The molecule has 0 amide bonds. The third kappa shape index (κ3) is 3.31. The maximum absolute atomic E-state index is 4.96. The second-order valence-corrected chi connectivity index (χ2v) is 2.86. The Bertz CT molecular complexity index is 167. The standard InChI is InChI=1S/C7H9OP.BrH/c1-8-9-7-5-3-2-4-6-7;/h2-6,9H,1H3;1H. The van der Waals surface area contributed by atoms with Crippen LogP contribution in [-0.4, -0.2) is 7.11 Å². The lowest BCUT2D eigenvalue weighted by molar-refractivity contribution is 0.481. The SMILES string of the molecule is Br.COPc1ccccc1. The summed E-state index contributed by atoms with van der Waals surface area (Å²) in [7, 11) is 2.20. The maximum Gasteiger partial charge on any atom is 0.0456 e. The summed E-state index contributed by atoms with van der Waals surface area (Å²) in [5.74, 6) is 0. The van der Waals surface area contributed by atoms with Gasteiger partial charge in [0, 0.05) is 15.9 Å². The van der Waals surface area contributed by atoms with E-state index in [1.54, 1.807) is 7.11 Å². The maximum atomic E-state index is 4.96. The van der Waals surface area contributed by atoms with Crippen LogP contribution >= 0.6 is 25.8 Å². The Morgan fingerprint density at radius 3 is 2.30 bits per heavy atom. The molecule has 0 aliphatic rings. The third-order valence-corrected chi connectivity index (χ3v) is 1.77. The van der Waals surface area contributed by atoms with Gasteiger partial charge in [0.05, 0.1) is 0 Å². The zero-order valence-electron chi connectivity index (χ0n) is 5.70. The fourth-order valence-electron chi connectivity index (χ4n) is 0.624. The van der Waals surface area contributed by atoms with Crippen molar-refractivity contribution >= 4 is 31.1 Å². The molecular weight excluding hydrogens is 211 g/mol. The van der Waals surface area contributed by atoms with Crippen LogP contribution in [-0.2, 0) is 4.52 Å². The first-order valence-electron chi connectivity index (χ1n) is 2.77. The summed E-state index contributed by atoms with van der Waals surface area (Å²) in [5, 5.41) is 1.25. The smallest absolute Gasteiger partial charge is 0.0456 e. The summed E-state index contributed by atoms with van der Waals surface area (Å²) < 4.78 is 4.96. The van der Waals surface area contributed by atoms with Crippen LogP contribution in [0.25, 0.3) is 0 Å². The molecule has 0 heterocycles. The predicted molar refractivity (Wildman–Crippen MR) is 51.7 cm³/mol. The molecule has 0 aliphatic carbocycles. The van der Waals surface area contributed by atoms with Crippen molar-refractivity contribution in [3.63, 3.8) is 0 Å². The van der Waals surface area contributed by atoms with E-state index in [1.165, 1.54) is 5.30 Å². The Labute approximate surface area is 73.4 Å². The second-order valence-electron chi connectivity index (χ2n) is 1.67. The number of halogens is 1. The van der Waals surface area contributed by atoms with Crippen molar-refractivity contribution in [3.05, 3.63) is 30.3 Å². The van der Waals surface area contributed by atoms with E-state index in [1.807, 2.05) is 18.2 Å². The van der Waals surface area contributed by atoms with Crippen molar-refractivity contribution in [1.29, 1.82) is 0 Å². The van der Waals surface area contributed by atoms with Crippen LogP contribution in [0.4, 0.5) is 0 Å². The summed E-state index contributed by atoms with van der Waals surface area (Å²) >= 11 is 0. The van der Waals surface area contributed by atoms with Gasteiger partial charge in [0.1, 0.15) is 0 Å². The van der Waals surface area contributed by atoms with E-state index in [0.717, 1.165) is 0 Å². The molecule has 10 heavy (non-hydrogen) atoms. The van der Waals surface area contributed by atoms with E-state index in [9.17, 15) is 0 Å². The third-order valence-electron chi connectivity index (χ3n) is 0.994. The van der Waals surface area contributed by atoms with Gasteiger partial charge in [-0.15, -0.1) is 17.0 Å². The number of rotatable bonds is 2. The van der Waals surface area contributed by atoms with E-state index < -0.39 is 0 Å². The Kier molecular flexibility index (Phi) is 5.90. The van der Waals surface area contributed by atoms with E-state index in [0.29, 0.717) is 8.81 Å². The van der Waals surface area contributed by atoms with Crippen molar-refractivity contribution in [2.24, 2.45) is 0 Å². The number of hydrogen-bond donors (Lipinski definition) is 0. The lowest BCUT2D eigenvalue weighted by atomic mass is 10.4. The molecule has 0 aliphatic heterocycles. The normalized spacial score (nSPS) is 9.70. The molecule has 1 aromatic carbocycles. The molecule has 0 saturated carbocycles. The van der Waals surface area contributed by atoms with Crippen molar-refractivity contribution < 1.29 is 4.52 Å². The molecule has 1 atom stereocenters. The highest BCUT2D eigenvalue weighted by molar-refractivity contribution is 8.93. The lowest BCUT2D eigenvalue weighted by Gasteiger charge is -1.94. The van der Waals surface area contributed by atoms with E-state index >= 15 is 0 Å². The molecule has 0 radical (unpaired) electrons. The van der Waals surface area contributed by atoms with Crippen LogP contribution in [0, 0.1) is 0 Å². The minimum absolute atomic E-state index is 0. The van der Waals surface area contributed by atoms with E-state index in [2.05, 4.69) is 12.1 Å². The van der Waals surface area contributed by atoms with Gasteiger partial charge < -0.3 is 4.52 Å². The summed E-state index contributed by atoms with van der Waals surface area (Å²) in [5.41, 5.74) is 0. The quantitative estimate of drug-likeness (QED) is 0.695. The molecule has 0 bridgehead atoms. The van der Waals surface area contributed by atoms with Gasteiger partial charge in [0.15, 0.2) is 0 Å². The Hall–Kier alpha value is 0.0900. The second kappa shape index (κ2) is 5.84. The molecule has 1 rings (SSSR count). The fraction of sp³-hybridized carbons (Fsp3) is 0.143. The van der Waals surface area contributed by atoms with E-state index in [-0.39, 0.29) is 17.0 Å². The van der Waals surface area contributed by atoms with Crippen LogP contribution in [0.5, 0.6) is 0 Å². The first-order chi connectivity index (χ1) is 4.43. The zero-order chi connectivity index (χ0) is 6.53. The van der Waals surface area contributed by atoms with Gasteiger partial charge in [-0.05, 0) is 5.30 Å². The van der Waals surface area contributed by atoms with Crippen molar-refractivity contribution in [2.45, 2.75) is 0 Å². The first kappa shape index (κ1) is 10.1. The molecule has 3 heteroatoms. The minimum atomic E-state index is 0. The highest BCUT2D eigenvalue weighted by atomic mass is 79.9. The molecule has 0 aromatic heterocycles. The molecule has 0 N–H and O–H groups in total. The highest BCUT2D eigenvalue weighted by Crippen LogP contribution is 2.07. The molecule has 0 spiro atoms. The molecule has 1 aromatic rings. The zero-order valence-corrected chi connectivity index (χ0v) is 8.42. The van der Waals surface area contributed by atoms with Gasteiger partial charge in [-0.1, -0.05) is 30.3 Å². The fourth-order valence-corrected chi connectivity index (χ4v) is 1.19. The van der Waals surface area contributed by atoms with Crippen LogP contribution in [0.1, 0.15) is 0 Å². The molecule has 56 valence electrons. The Morgan fingerprint density at radius 2 is 1.80 bits per heavy atom. The first-order valence-corrected chi connectivity index (χ1v) is 3.68. The van der Waals surface area contributed by atoms with Crippen molar-refractivity contribution in [1.82, 2.24) is 0 Å². The lowest BCUT2D eigenvalue weighted by Crippen LogP contribution is -1.90. The molecular formula is C7H10BrOP. The van der Waals surface area contributed by atoms with Gasteiger partial charge in [-0.2, -0.15) is 0 Å². The molecule has 1 unspecified atom stereocenters. The van der Waals surface area contributed by atoms with Gasteiger partial charge >= 0.3 is 0 Å². The monoisotopic (exact) mass is 220 g/mol. The number of benzene rings is 1. The molecule has 0 fully saturated rings. The van der Waals surface area contributed by atoms with Gasteiger partial charge in [-0.25, -0.2) is 0 Å². The van der Waals surface area contributed by atoms with Crippen molar-refractivity contribution in [2.75, 3.05) is 7.11 Å². The van der Waals surface area contributed by atoms with E-state index in [4.69, 9.17) is 4.52 Å². The van der Waals surface area contributed by atoms with Gasteiger partial charge in [-0.3, -0.25) is 0 Å². The summed E-state index contributed by atoms with van der Waals surface area (Å²) in [6.07, 6.45) is 0. The van der Waals surface area contributed by atoms with Crippen LogP contribution in [0.15, 0.2) is 30.3 Å². The topological polar surface area (TPSA) is 9.23 Å². The predicted octanol–water partition coefficient (Wildman–Crippen LogP) is 2.13. The van der Waals surface area contributed by atoms with Crippen LogP contribution in [0.3, 0.4) is 0 Å². The Balaban J connectivity index is 0.000000810. The summed E-state index contributed by atoms with van der Waals surface area (Å²) in [4.78, 5) is 0. The van der Waals surface area contributed by atoms with Crippen LogP contribution < -0.4 is 5.30 Å². The number of hydrogen-bond acceptors (Lipinski definition) is 1. The minimum Gasteiger partial charge on any atom is -0.361 e. The van der Waals surface area contributed by atoms with Gasteiger partial charge in [0.2, 0.25) is 0 Å².